The molecular weight excluding hydrogens is 781 g/mol. The molecule has 2 fully saturated rings. The quantitative estimate of drug-likeness (QED) is 0.0417. The number of carboxylic acid groups (broad SMARTS) is 1. The summed E-state index contributed by atoms with van der Waals surface area (Å²) in [6.45, 7) is 9.39. The van der Waals surface area contributed by atoms with Crippen molar-refractivity contribution in [2.75, 3.05) is 13.2 Å². The van der Waals surface area contributed by atoms with E-state index in [1.165, 1.54) is 10.5 Å². The van der Waals surface area contributed by atoms with Gasteiger partial charge in [-0.25, -0.2) is 0 Å². The van der Waals surface area contributed by atoms with Gasteiger partial charge in [-0.3, -0.25) is 19.3 Å². The fourth-order valence-electron chi connectivity index (χ4n) is 10.4. The highest BCUT2D eigenvalue weighted by Crippen LogP contribution is 2.51. The molecule has 0 aromatic heterocycles. The zero-order valence-corrected chi connectivity index (χ0v) is 37.0. The summed E-state index contributed by atoms with van der Waals surface area (Å²) in [5, 5.41) is 34.9. The highest BCUT2D eigenvalue weighted by Gasteiger charge is 2.58. The van der Waals surface area contributed by atoms with Gasteiger partial charge in [0.2, 0.25) is 11.8 Å². The van der Waals surface area contributed by atoms with E-state index in [4.69, 9.17) is 14.2 Å². The van der Waals surface area contributed by atoms with E-state index >= 15 is 0 Å². The summed E-state index contributed by atoms with van der Waals surface area (Å²) in [7, 11) is -4.12. The van der Waals surface area contributed by atoms with E-state index in [9.17, 15) is 24.5 Å². The van der Waals surface area contributed by atoms with Crippen LogP contribution in [0.2, 0.25) is 11.4 Å². The molecule has 320 valence electrons. The van der Waals surface area contributed by atoms with Crippen LogP contribution in [0.4, 0.5) is 0 Å². The number of carbonyl (C=O) groups excluding carboxylic acids is 2. The van der Waals surface area contributed by atoms with Crippen molar-refractivity contribution in [1.29, 1.82) is 0 Å². The fraction of sp³-hybridized carbons (Fsp3) is 0.420. The lowest BCUT2D eigenvalue weighted by Crippen LogP contribution is -2.66. The number of phenolic OH excluding ortho intramolecular Hbond substituents is 1. The van der Waals surface area contributed by atoms with Crippen LogP contribution in [0.25, 0.3) is 16.8 Å². The Bertz CT molecular complexity index is 2230. The van der Waals surface area contributed by atoms with Crippen LogP contribution in [0.3, 0.4) is 0 Å². The number of hydrogen-bond donors (Lipinski definition) is 3. The third-order valence-corrected chi connectivity index (χ3v) is 18.1. The van der Waals surface area contributed by atoms with Crippen molar-refractivity contribution in [1.82, 2.24) is 4.90 Å². The Morgan fingerprint density at radius 1 is 0.852 bits per heavy atom. The molecule has 2 saturated heterocycles. The van der Waals surface area contributed by atoms with Crippen LogP contribution >= 0.6 is 0 Å². The number of likely N-dealkylation sites (tertiary alicyclic amines) is 1. The molecule has 61 heavy (non-hydrogen) atoms. The number of carboxylic acids is 1. The molecule has 3 N–H and O–H groups in total. The number of unbranched alkanes of at least 4 members (excludes halogenated alkanes) is 2. The molecule has 7 rings (SSSR count). The maximum Gasteiger partial charge on any atom is 0.455 e. The van der Waals surface area contributed by atoms with E-state index in [1.807, 2.05) is 42.5 Å². The van der Waals surface area contributed by atoms with Crippen molar-refractivity contribution in [3.63, 3.8) is 0 Å². The molecule has 0 saturated carbocycles. The predicted molar refractivity (Wildman–Crippen MR) is 244 cm³/mol. The molecule has 9 nitrogen and oxygen atoms in total. The minimum absolute atomic E-state index is 0.0527. The average molecular weight is 842 g/mol. The molecule has 0 unspecified atom stereocenters. The summed E-state index contributed by atoms with van der Waals surface area (Å²) in [6.07, 6.45) is 7.01. The minimum atomic E-state index is -3.01. The molecule has 3 aliphatic rings. The number of rotatable bonds is 17. The number of phenols is 1. The van der Waals surface area contributed by atoms with Crippen LogP contribution in [0, 0.1) is 17.8 Å². The molecule has 4 atom stereocenters. The Hall–Kier alpha value is -4.81. The number of hydrogen-bond acceptors (Lipinski definition) is 7. The van der Waals surface area contributed by atoms with Gasteiger partial charge in [-0.2, -0.15) is 0 Å². The van der Waals surface area contributed by atoms with Gasteiger partial charge in [0, 0.05) is 18.4 Å². The molecule has 1 aliphatic carbocycles. The Morgan fingerprint density at radius 2 is 1.51 bits per heavy atom. The van der Waals surface area contributed by atoms with Crippen LogP contribution < -0.4 is 10.4 Å². The van der Waals surface area contributed by atoms with Crippen molar-refractivity contribution < 1.29 is 38.7 Å². The zero-order chi connectivity index (χ0) is 43.3. The van der Waals surface area contributed by atoms with E-state index < -0.39 is 45.3 Å². The number of imide groups is 1. The van der Waals surface area contributed by atoms with Crippen LogP contribution in [-0.2, 0) is 23.5 Å². The molecule has 4 aromatic carbocycles. The SMILES string of the molecule is CCC/C(=C\c1ccc(O)c2ccccc12)CC[C@H]1OB(O)C[C@H]2C1=C(CO[Si](c1ccccc1)(c1ccccc1)C(C)(C)C)C[C@H]1C(=O)N(CCCCCC(=O)O)C(=O)[C@H]12. The van der Waals surface area contributed by atoms with Crippen LogP contribution in [0.15, 0.2) is 114 Å². The summed E-state index contributed by atoms with van der Waals surface area (Å²) in [5.74, 6) is -2.62. The number of amides is 2. The van der Waals surface area contributed by atoms with Gasteiger partial charge in [-0.15, -0.1) is 0 Å². The largest absolute Gasteiger partial charge is 0.507 e. The van der Waals surface area contributed by atoms with E-state index in [1.54, 1.807) is 6.07 Å². The number of carbonyl (C=O) groups is 3. The van der Waals surface area contributed by atoms with E-state index in [2.05, 4.69) is 82.3 Å². The molecule has 2 amide bonds. The average Bonchev–Trinajstić information content (AvgIpc) is 3.48. The van der Waals surface area contributed by atoms with Gasteiger partial charge in [0.05, 0.1) is 24.5 Å². The molecule has 2 aliphatic heterocycles. The number of fused-ring (bicyclic) bond motifs is 4. The molecule has 11 heteroatoms. The van der Waals surface area contributed by atoms with Crippen molar-refractivity contribution in [3.05, 3.63) is 119 Å². The first-order valence-electron chi connectivity index (χ1n) is 22.1. The number of benzene rings is 4. The van der Waals surface area contributed by atoms with Crippen LogP contribution in [0.5, 0.6) is 5.75 Å². The van der Waals surface area contributed by atoms with Gasteiger partial charge in [0.1, 0.15) is 5.75 Å². The molecule has 0 radical (unpaired) electrons. The monoisotopic (exact) mass is 841 g/mol. The third-order valence-electron chi connectivity index (χ3n) is 13.1. The van der Waals surface area contributed by atoms with Crippen molar-refractivity contribution in [3.8, 4) is 5.75 Å². The summed E-state index contributed by atoms with van der Waals surface area (Å²) < 4.78 is 14.0. The van der Waals surface area contributed by atoms with Gasteiger partial charge in [0.15, 0.2) is 0 Å². The number of aliphatic carboxylic acids is 1. The topological polar surface area (TPSA) is 134 Å². The lowest BCUT2D eigenvalue weighted by Gasteiger charge is -2.46. The van der Waals surface area contributed by atoms with E-state index in [-0.39, 0.29) is 48.5 Å². The van der Waals surface area contributed by atoms with Gasteiger partial charge in [-0.1, -0.05) is 143 Å². The first-order chi connectivity index (χ1) is 29.3. The Labute approximate surface area is 361 Å². The normalized spacial score (nSPS) is 21.0. The highest BCUT2D eigenvalue weighted by molar-refractivity contribution is 6.99. The second-order valence-electron chi connectivity index (χ2n) is 18.1. The maximum atomic E-state index is 14.4. The molecule has 4 aromatic rings. The number of nitrogens with zero attached hydrogens (tertiary/aromatic N) is 1. The second kappa shape index (κ2) is 19.1. The third kappa shape index (κ3) is 9.21. The summed E-state index contributed by atoms with van der Waals surface area (Å²) in [5.41, 5.74) is 4.21. The van der Waals surface area contributed by atoms with Crippen molar-refractivity contribution in [2.24, 2.45) is 17.8 Å². The van der Waals surface area contributed by atoms with Crippen LogP contribution in [-0.4, -0.2) is 72.6 Å². The van der Waals surface area contributed by atoms with Gasteiger partial charge < -0.3 is 24.3 Å². The molecular formula is C50H60BNO8Si. The number of allylic oxidation sites excluding steroid dienone is 1. The Morgan fingerprint density at radius 3 is 2.15 bits per heavy atom. The fourth-order valence-corrected chi connectivity index (χ4v) is 15.0. The van der Waals surface area contributed by atoms with Gasteiger partial charge in [-0.05, 0) is 94.3 Å². The lowest BCUT2D eigenvalue weighted by molar-refractivity contribution is -0.141. The zero-order valence-electron chi connectivity index (χ0n) is 36.0. The Kier molecular flexibility index (Phi) is 13.8. The van der Waals surface area contributed by atoms with Crippen LogP contribution in [0.1, 0.15) is 91.0 Å². The molecule has 0 spiro atoms. The minimum Gasteiger partial charge on any atom is -0.507 e. The van der Waals surface area contributed by atoms with E-state index in [0.717, 1.165) is 50.7 Å². The standard InChI is InChI=1S/C50H60BNO8Si/c1-5-17-34(30-35-26-27-43(53)40-23-15-14-22-39(35)40)25-28-44-46-36(33-59-61(50(2,3)4,37-18-9-6-10-19-37)38-20-11-7-12-21-38)31-41-47(42(46)32-51(58)60-44)49(57)52(48(41)56)29-16-8-13-24-45(54)55/h6-7,9-12,14-15,18-23,26-27,30,41-42,44,47,53,58H,5,8,13,16-17,24-25,28-29,31-33H2,1-4H3,(H,54,55)/b34-30+/t41-,42+,44-,47-/m1/s1. The first-order valence-corrected chi connectivity index (χ1v) is 24.0. The lowest BCUT2D eigenvalue weighted by atomic mass is 9.58. The number of aromatic hydroxyl groups is 1. The Balaban J connectivity index is 1.27. The second-order valence-corrected chi connectivity index (χ2v) is 22.4. The van der Waals surface area contributed by atoms with Crippen molar-refractivity contribution in [2.45, 2.75) is 103 Å². The van der Waals surface area contributed by atoms with Gasteiger partial charge in [0.25, 0.3) is 8.32 Å². The first kappa shape index (κ1) is 44.3. The van der Waals surface area contributed by atoms with Gasteiger partial charge >= 0.3 is 13.1 Å². The molecule has 2 heterocycles. The predicted octanol–water partition coefficient (Wildman–Crippen LogP) is 8.53. The van der Waals surface area contributed by atoms with E-state index in [0.29, 0.717) is 38.5 Å². The molecule has 0 bridgehead atoms. The maximum absolute atomic E-state index is 14.4. The van der Waals surface area contributed by atoms with Crippen molar-refractivity contribution >= 4 is 60.4 Å². The highest BCUT2D eigenvalue weighted by atomic mass is 28.4. The smallest absolute Gasteiger partial charge is 0.455 e. The summed E-state index contributed by atoms with van der Waals surface area (Å²) >= 11 is 0. The summed E-state index contributed by atoms with van der Waals surface area (Å²) in [4.78, 5) is 41.3. The summed E-state index contributed by atoms with van der Waals surface area (Å²) in [6, 6.07) is 32.5.